The fraction of sp³-hybridized carbons (Fsp3) is 0.100. The molecule has 0 saturated heterocycles. The van der Waals surface area contributed by atoms with Gasteiger partial charge in [0.15, 0.2) is 9.84 Å². The summed E-state index contributed by atoms with van der Waals surface area (Å²) in [7, 11) is -3.35. The standard InChI is InChI=1S/C20H16Cl2N2O3S/c21-18-10-16(11-19(22)24-18)20(25)23-17-8-4-7-15(9-17)13-28(26,27)12-14-5-2-1-3-6-14/h1-11H,12-13H2,(H,23,25). The van der Waals surface area contributed by atoms with Gasteiger partial charge in [-0.05, 0) is 35.4 Å². The van der Waals surface area contributed by atoms with Crippen molar-refractivity contribution in [3.8, 4) is 0 Å². The van der Waals surface area contributed by atoms with E-state index in [-0.39, 0.29) is 27.4 Å². The lowest BCUT2D eigenvalue weighted by atomic mass is 10.2. The largest absolute Gasteiger partial charge is 0.322 e. The molecule has 8 heteroatoms. The third-order valence-electron chi connectivity index (χ3n) is 3.83. The van der Waals surface area contributed by atoms with Crippen LogP contribution in [0.15, 0.2) is 66.7 Å². The Morgan fingerprint density at radius 2 is 1.46 bits per heavy atom. The normalized spacial score (nSPS) is 11.2. The zero-order chi connectivity index (χ0) is 20.1. The molecule has 144 valence electrons. The molecule has 0 aliphatic rings. The Hall–Kier alpha value is -2.41. The number of nitrogens with zero attached hydrogens (tertiary/aromatic N) is 1. The molecule has 0 unspecified atom stereocenters. The summed E-state index contributed by atoms with van der Waals surface area (Å²) in [6, 6.07) is 18.5. The summed E-state index contributed by atoms with van der Waals surface area (Å²) in [5.41, 5.74) is 2.05. The number of amides is 1. The van der Waals surface area contributed by atoms with Crippen molar-refractivity contribution in [1.82, 2.24) is 4.98 Å². The Bertz CT molecular complexity index is 1080. The van der Waals surface area contributed by atoms with Crippen LogP contribution in [-0.2, 0) is 21.3 Å². The second-order valence-electron chi connectivity index (χ2n) is 6.17. The monoisotopic (exact) mass is 434 g/mol. The minimum Gasteiger partial charge on any atom is -0.322 e. The molecule has 0 radical (unpaired) electrons. The average molecular weight is 435 g/mol. The second-order valence-corrected chi connectivity index (χ2v) is 9.01. The first kappa shape index (κ1) is 20.3. The van der Waals surface area contributed by atoms with Crippen LogP contribution in [0.3, 0.4) is 0 Å². The van der Waals surface area contributed by atoms with E-state index in [9.17, 15) is 13.2 Å². The molecule has 0 bridgehead atoms. The summed E-state index contributed by atoms with van der Waals surface area (Å²) in [5, 5.41) is 2.93. The number of benzene rings is 2. The molecule has 0 saturated carbocycles. The van der Waals surface area contributed by atoms with Crippen molar-refractivity contribution in [3.05, 3.63) is 93.7 Å². The topological polar surface area (TPSA) is 76.1 Å². The molecule has 3 rings (SSSR count). The molecule has 0 aliphatic heterocycles. The van der Waals surface area contributed by atoms with Crippen molar-refractivity contribution in [1.29, 1.82) is 0 Å². The molecular weight excluding hydrogens is 419 g/mol. The molecule has 0 fully saturated rings. The first-order valence-corrected chi connectivity index (χ1v) is 10.9. The quantitative estimate of drug-likeness (QED) is 0.567. The first-order chi connectivity index (χ1) is 13.3. The minimum absolute atomic E-state index is 0.0432. The number of nitrogens with one attached hydrogen (secondary N) is 1. The van der Waals surface area contributed by atoms with Gasteiger partial charge >= 0.3 is 0 Å². The van der Waals surface area contributed by atoms with Crippen molar-refractivity contribution >= 4 is 44.6 Å². The lowest BCUT2D eigenvalue weighted by Crippen LogP contribution is -2.13. The van der Waals surface area contributed by atoms with Gasteiger partial charge in [-0.25, -0.2) is 13.4 Å². The third-order valence-corrected chi connectivity index (χ3v) is 5.76. The van der Waals surface area contributed by atoms with Crippen LogP contribution in [0.2, 0.25) is 10.3 Å². The van der Waals surface area contributed by atoms with Crippen molar-refractivity contribution in [2.75, 3.05) is 5.32 Å². The fourth-order valence-electron chi connectivity index (χ4n) is 2.67. The molecule has 0 aliphatic carbocycles. The van der Waals surface area contributed by atoms with Gasteiger partial charge in [0.25, 0.3) is 5.91 Å². The summed E-state index contributed by atoms with van der Waals surface area (Å²) in [4.78, 5) is 16.2. The van der Waals surface area contributed by atoms with Crippen molar-refractivity contribution in [2.24, 2.45) is 0 Å². The Labute approximate surface area is 173 Å². The maximum Gasteiger partial charge on any atom is 0.255 e. The van der Waals surface area contributed by atoms with Gasteiger partial charge in [-0.3, -0.25) is 4.79 Å². The number of carbonyl (C=O) groups is 1. The first-order valence-electron chi connectivity index (χ1n) is 8.28. The van der Waals surface area contributed by atoms with Crippen LogP contribution in [0.1, 0.15) is 21.5 Å². The van der Waals surface area contributed by atoms with E-state index in [1.54, 1.807) is 48.5 Å². The van der Waals surface area contributed by atoms with Gasteiger partial charge in [0, 0.05) is 11.3 Å². The number of hydrogen-bond donors (Lipinski definition) is 1. The molecule has 0 spiro atoms. The molecule has 1 N–H and O–H groups in total. The van der Waals surface area contributed by atoms with Crippen LogP contribution in [0.5, 0.6) is 0 Å². The van der Waals surface area contributed by atoms with Crippen LogP contribution in [-0.4, -0.2) is 19.3 Å². The Kier molecular flexibility index (Phi) is 6.34. The Morgan fingerprint density at radius 1 is 0.857 bits per heavy atom. The van der Waals surface area contributed by atoms with E-state index in [0.717, 1.165) is 5.56 Å². The molecule has 1 amide bonds. The van der Waals surface area contributed by atoms with Crippen molar-refractivity contribution in [3.63, 3.8) is 0 Å². The molecule has 0 atom stereocenters. The fourth-order valence-corrected chi connectivity index (χ4v) is 4.62. The zero-order valence-electron chi connectivity index (χ0n) is 14.6. The molecule has 1 heterocycles. The predicted octanol–water partition coefficient (Wildman–Crippen LogP) is 4.76. The third kappa shape index (κ3) is 5.79. The Morgan fingerprint density at radius 3 is 2.14 bits per heavy atom. The summed E-state index contributed by atoms with van der Waals surface area (Å²) >= 11 is 11.6. The van der Waals surface area contributed by atoms with E-state index in [4.69, 9.17) is 23.2 Å². The maximum atomic E-state index is 12.5. The average Bonchev–Trinajstić information content (AvgIpc) is 2.61. The SMILES string of the molecule is O=C(Nc1cccc(CS(=O)(=O)Cc2ccccc2)c1)c1cc(Cl)nc(Cl)c1. The van der Waals surface area contributed by atoms with Crippen LogP contribution in [0, 0.1) is 0 Å². The number of rotatable bonds is 6. The summed E-state index contributed by atoms with van der Waals surface area (Å²) < 4.78 is 25.0. The smallest absolute Gasteiger partial charge is 0.255 e. The van der Waals surface area contributed by atoms with Gasteiger partial charge in [0.05, 0.1) is 11.5 Å². The number of halogens is 2. The van der Waals surface area contributed by atoms with E-state index in [1.165, 1.54) is 12.1 Å². The molecule has 5 nitrogen and oxygen atoms in total. The van der Waals surface area contributed by atoms with Crippen molar-refractivity contribution < 1.29 is 13.2 Å². The van der Waals surface area contributed by atoms with Crippen LogP contribution in [0.4, 0.5) is 5.69 Å². The molecule has 1 aromatic heterocycles. The minimum atomic E-state index is -3.35. The second kappa shape index (κ2) is 8.73. The van der Waals surface area contributed by atoms with E-state index in [0.29, 0.717) is 11.3 Å². The highest BCUT2D eigenvalue weighted by atomic mass is 35.5. The van der Waals surface area contributed by atoms with Gasteiger partial charge < -0.3 is 5.32 Å². The van der Waals surface area contributed by atoms with Gasteiger partial charge in [0.2, 0.25) is 0 Å². The van der Waals surface area contributed by atoms with E-state index < -0.39 is 15.7 Å². The summed E-state index contributed by atoms with van der Waals surface area (Å²) in [6.45, 7) is 0. The van der Waals surface area contributed by atoms with E-state index in [2.05, 4.69) is 10.3 Å². The maximum absolute atomic E-state index is 12.5. The summed E-state index contributed by atoms with van der Waals surface area (Å²) in [5.74, 6) is -0.591. The van der Waals surface area contributed by atoms with Crippen LogP contribution < -0.4 is 5.32 Å². The molecular formula is C20H16Cl2N2O3S. The number of aromatic nitrogens is 1. The molecule has 28 heavy (non-hydrogen) atoms. The number of anilines is 1. The van der Waals surface area contributed by atoms with E-state index >= 15 is 0 Å². The number of carbonyl (C=O) groups excluding carboxylic acids is 1. The zero-order valence-corrected chi connectivity index (χ0v) is 16.9. The lowest BCUT2D eigenvalue weighted by molar-refractivity contribution is 0.102. The number of hydrogen-bond acceptors (Lipinski definition) is 4. The lowest BCUT2D eigenvalue weighted by Gasteiger charge is -2.09. The highest BCUT2D eigenvalue weighted by molar-refractivity contribution is 7.89. The van der Waals surface area contributed by atoms with Gasteiger partial charge in [-0.2, -0.15) is 0 Å². The molecule has 2 aromatic carbocycles. The molecule has 3 aromatic rings. The number of sulfone groups is 1. The Balaban J connectivity index is 1.72. The number of pyridine rings is 1. The highest BCUT2D eigenvalue weighted by Gasteiger charge is 2.14. The summed E-state index contributed by atoms with van der Waals surface area (Å²) in [6.07, 6.45) is 0. The van der Waals surface area contributed by atoms with Crippen LogP contribution >= 0.6 is 23.2 Å². The van der Waals surface area contributed by atoms with Crippen LogP contribution in [0.25, 0.3) is 0 Å². The predicted molar refractivity (Wildman–Crippen MR) is 111 cm³/mol. The van der Waals surface area contributed by atoms with Crippen molar-refractivity contribution in [2.45, 2.75) is 11.5 Å². The van der Waals surface area contributed by atoms with Gasteiger partial charge in [-0.1, -0.05) is 65.7 Å². The van der Waals surface area contributed by atoms with Gasteiger partial charge in [0.1, 0.15) is 10.3 Å². The van der Waals surface area contributed by atoms with E-state index in [1.807, 2.05) is 6.07 Å². The van der Waals surface area contributed by atoms with Gasteiger partial charge in [-0.15, -0.1) is 0 Å². The highest BCUT2D eigenvalue weighted by Crippen LogP contribution is 2.19.